The van der Waals surface area contributed by atoms with Gasteiger partial charge in [-0.25, -0.2) is 13.8 Å². The van der Waals surface area contributed by atoms with Gasteiger partial charge in [-0.2, -0.15) is 10.2 Å². The van der Waals surface area contributed by atoms with Crippen LogP contribution in [-0.2, 0) is 0 Å². The van der Waals surface area contributed by atoms with Gasteiger partial charge in [-0.3, -0.25) is 4.79 Å². The van der Waals surface area contributed by atoms with Crippen molar-refractivity contribution in [1.29, 1.82) is 0 Å². The van der Waals surface area contributed by atoms with Crippen molar-refractivity contribution in [2.75, 3.05) is 5.32 Å². The molecule has 0 spiro atoms. The molecule has 2 aromatic heterocycles. The van der Waals surface area contributed by atoms with Crippen molar-refractivity contribution in [1.82, 2.24) is 19.6 Å². The Hall–Kier alpha value is -3.45. The molecule has 0 unspecified atom stereocenters. The molecule has 4 aromatic rings. The van der Waals surface area contributed by atoms with Crippen molar-refractivity contribution < 1.29 is 9.18 Å². The Morgan fingerprint density at radius 3 is 2.70 bits per heavy atom. The molecular formula is C19H13ClFN5O. The molecule has 6 nitrogen and oxygen atoms in total. The van der Waals surface area contributed by atoms with Crippen LogP contribution in [0.1, 0.15) is 10.4 Å². The molecule has 0 saturated heterocycles. The number of nitrogens with one attached hydrogen (secondary N) is 1. The monoisotopic (exact) mass is 381 g/mol. The largest absolute Gasteiger partial charge is 0.322 e. The molecule has 0 fully saturated rings. The topological polar surface area (TPSA) is 64.7 Å². The lowest BCUT2D eigenvalue weighted by Crippen LogP contribution is -2.11. The van der Waals surface area contributed by atoms with Crippen LogP contribution in [0, 0.1) is 5.82 Å². The van der Waals surface area contributed by atoms with E-state index in [9.17, 15) is 9.18 Å². The third-order valence-electron chi connectivity index (χ3n) is 3.87. The lowest BCUT2D eigenvalue weighted by Gasteiger charge is -2.07. The number of benzene rings is 2. The average Bonchev–Trinajstić information content (AvgIpc) is 3.34. The van der Waals surface area contributed by atoms with E-state index in [1.165, 1.54) is 16.9 Å². The number of rotatable bonds is 4. The molecule has 8 heteroatoms. The van der Waals surface area contributed by atoms with Gasteiger partial charge in [0.25, 0.3) is 5.91 Å². The fraction of sp³-hybridized carbons (Fsp3) is 0. The lowest BCUT2D eigenvalue weighted by molar-refractivity contribution is 0.102. The third kappa shape index (κ3) is 3.58. The van der Waals surface area contributed by atoms with Crippen LogP contribution < -0.4 is 5.32 Å². The number of aromatic nitrogens is 4. The van der Waals surface area contributed by atoms with E-state index in [0.717, 1.165) is 5.69 Å². The maximum atomic E-state index is 14.3. The second kappa shape index (κ2) is 7.05. The molecule has 0 bridgehead atoms. The molecule has 4 rings (SSSR count). The number of nitrogens with zero attached hydrogens (tertiary/aromatic N) is 4. The summed E-state index contributed by atoms with van der Waals surface area (Å²) in [4.78, 5) is 12.4. The van der Waals surface area contributed by atoms with Gasteiger partial charge in [0.2, 0.25) is 0 Å². The van der Waals surface area contributed by atoms with E-state index in [2.05, 4.69) is 15.5 Å². The Balaban J connectivity index is 1.52. The van der Waals surface area contributed by atoms with Crippen molar-refractivity contribution in [2.45, 2.75) is 0 Å². The van der Waals surface area contributed by atoms with Crippen LogP contribution in [0.25, 0.3) is 11.4 Å². The maximum absolute atomic E-state index is 14.3. The number of carbonyl (C=O) groups is 1. The minimum absolute atomic E-state index is 0.298. The fourth-order valence-corrected chi connectivity index (χ4v) is 2.77. The number of carbonyl (C=O) groups excluding carboxylic acids is 1. The fourth-order valence-electron chi connectivity index (χ4n) is 2.58. The van der Waals surface area contributed by atoms with Crippen LogP contribution in [0.3, 0.4) is 0 Å². The molecule has 0 saturated carbocycles. The summed E-state index contributed by atoms with van der Waals surface area (Å²) in [5.41, 5.74) is 1.71. The van der Waals surface area contributed by atoms with Crippen molar-refractivity contribution >= 4 is 23.2 Å². The zero-order chi connectivity index (χ0) is 18.8. The van der Waals surface area contributed by atoms with Gasteiger partial charge in [0.15, 0.2) is 5.82 Å². The predicted molar refractivity (Wildman–Crippen MR) is 100 cm³/mol. The highest BCUT2D eigenvalue weighted by Gasteiger charge is 2.12. The van der Waals surface area contributed by atoms with Crippen molar-refractivity contribution in [3.63, 3.8) is 0 Å². The molecule has 0 aliphatic carbocycles. The highest BCUT2D eigenvalue weighted by Crippen LogP contribution is 2.19. The highest BCUT2D eigenvalue weighted by atomic mass is 35.5. The minimum Gasteiger partial charge on any atom is -0.322 e. The molecule has 0 aliphatic rings. The summed E-state index contributed by atoms with van der Waals surface area (Å²) in [5.74, 6) is -0.888. The molecule has 134 valence electrons. The molecule has 0 atom stereocenters. The average molecular weight is 382 g/mol. The highest BCUT2D eigenvalue weighted by molar-refractivity contribution is 6.30. The molecule has 2 heterocycles. The first-order valence-electron chi connectivity index (χ1n) is 8.02. The first-order chi connectivity index (χ1) is 13.1. The summed E-state index contributed by atoms with van der Waals surface area (Å²) in [6, 6.07) is 13.2. The second-order valence-electron chi connectivity index (χ2n) is 5.72. The number of hydrogen-bond donors (Lipinski definition) is 1. The predicted octanol–water partition coefficient (Wildman–Crippen LogP) is 4.10. The molecule has 1 amide bonds. The summed E-state index contributed by atoms with van der Waals surface area (Å²) >= 11 is 5.97. The summed E-state index contributed by atoms with van der Waals surface area (Å²) in [7, 11) is 0. The van der Waals surface area contributed by atoms with E-state index in [1.807, 2.05) is 6.07 Å². The number of hydrogen-bond acceptors (Lipinski definition) is 3. The van der Waals surface area contributed by atoms with Crippen LogP contribution in [0.5, 0.6) is 0 Å². The first kappa shape index (κ1) is 17.0. The van der Waals surface area contributed by atoms with Gasteiger partial charge in [0, 0.05) is 29.3 Å². The lowest BCUT2D eigenvalue weighted by atomic mass is 10.2. The number of halogens is 2. The SMILES string of the molecule is O=C(Nc1ccc(-n2cccn2)c(F)c1)c1cnn(-c2cccc(Cl)c2)c1. The van der Waals surface area contributed by atoms with E-state index in [-0.39, 0.29) is 0 Å². The number of amides is 1. The van der Waals surface area contributed by atoms with Crippen LogP contribution >= 0.6 is 11.6 Å². The quantitative estimate of drug-likeness (QED) is 0.578. The van der Waals surface area contributed by atoms with Crippen molar-refractivity contribution in [3.8, 4) is 11.4 Å². The minimum atomic E-state index is -0.494. The van der Waals surface area contributed by atoms with E-state index in [0.29, 0.717) is 22.0 Å². The van der Waals surface area contributed by atoms with Gasteiger partial charge in [-0.15, -0.1) is 0 Å². The Morgan fingerprint density at radius 2 is 1.96 bits per heavy atom. The molecule has 1 N–H and O–H groups in total. The van der Waals surface area contributed by atoms with Gasteiger partial charge >= 0.3 is 0 Å². The van der Waals surface area contributed by atoms with E-state index in [1.54, 1.807) is 59.7 Å². The Labute approximate surface area is 158 Å². The van der Waals surface area contributed by atoms with E-state index >= 15 is 0 Å². The smallest absolute Gasteiger partial charge is 0.258 e. The first-order valence-corrected chi connectivity index (χ1v) is 8.39. The summed E-state index contributed by atoms with van der Waals surface area (Å²) < 4.78 is 17.2. The third-order valence-corrected chi connectivity index (χ3v) is 4.11. The van der Waals surface area contributed by atoms with Crippen molar-refractivity contribution in [2.24, 2.45) is 0 Å². The molecule has 0 radical (unpaired) electrons. The van der Waals surface area contributed by atoms with Crippen LogP contribution in [-0.4, -0.2) is 25.5 Å². The zero-order valence-corrected chi connectivity index (χ0v) is 14.6. The van der Waals surface area contributed by atoms with Crippen LogP contribution in [0.4, 0.5) is 10.1 Å². The summed E-state index contributed by atoms with van der Waals surface area (Å²) in [6.07, 6.45) is 6.22. The maximum Gasteiger partial charge on any atom is 0.258 e. The Bertz CT molecular complexity index is 1110. The van der Waals surface area contributed by atoms with E-state index in [4.69, 9.17) is 11.6 Å². The standard InChI is InChI=1S/C19H13ClFN5O/c20-14-3-1-4-16(9-14)26-12-13(11-23-26)19(27)24-15-5-6-18(17(21)10-15)25-8-2-7-22-25/h1-12H,(H,24,27). The Kier molecular flexibility index (Phi) is 4.43. The molecule has 0 aliphatic heterocycles. The normalized spacial score (nSPS) is 10.7. The van der Waals surface area contributed by atoms with Gasteiger partial charge < -0.3 is 5.32 Å². The molecule has 27 heavy (non-hydrogen) atoms. The summed E-state index contributed by atoms with van der Waals surface area (Å²) in [5, 5.41) is 11.4. The van der Waals surface area contributed by atoms with Gasteiger partial charge in [-0.05, 0) is 42.5 Å². The van der Waals surface area contributed by atoms with Gasteiger partial charge in [0.1, 0.15) is 5.69 Å². The molecular weight excluding hydrogens is 369 g/mol. The van der Waals surface area contributed by atoms with E-state index < -0.39 is 11.7 Å². The number of anilines is 1. The van der Waals surface area contributed by atoms with Crippen LogP contribution in [0.15, 0.2) is 73.3 Å². The van der Waals surface area contributed by atoms with Crippen molar-refractivity contribution in [3.05, 3.63) is 89.7 Å². The van der Waals surface area contributed by atoms with Gasteiger partial charge in [0.05, 0.1) is 17.4 Å². The zero-order valence-electron chi connectivity index (χ0n) is 13.9. The second-order valence-corrected chi connectivity index (χ2v) is 6.16. The summed E-state index contributed by atoms with van der Waals surface area (Å²) in [6.45, 7) is 0. The molecule has 2 aromatic carbocycles. The van der Waals surface area contributed by atoms with Crippen LogP contribution in [0.2, 0.25) is 5.02 Å². The Morgan fingerprint density at radius 1 is 1.07 bits per heavy atom. The van der Waals surface area contributed by atoms with Gasteiger partial charge in [-0.1, -0.05) is 17.7 Å².